The number of nitrogens with one attached hydrogen (secondary N) is 1. The zero-order valence-electron chi connectivity index (χ0n) is 7.55. The lowest BCUT2D eigenvalue weighted by molar-refractivity contribution is -0.332. The highest BCUT2D eigenvalue weighted by molar-refractivity contribution is 6.03. The largest absolute Gasteiger partial charge is 0.386 e. The summed E-state index contributed by atoms with van der Waals surface area (Å²) in [4.78, 5) is 1.89. The first kappa shape index (κ1) is 13.6. The summed E-state index contributed by atoms with van der Waals surface area (Å²) < 4.78 is 102. The summed E-state index contributed by atoms with van der Waals surface area (Å²) in [7, 11) is 0. The van der Waals surface area contributed by atoms with E-state index < -0.39 is 35.4 Å². The third-order valence-electron chi connectivity index (χ3n) is 2.03. The van der Waals surface area contributed by atoms with E-state index in [1.165, 1.54) is 0 Å². The van der Waals surface area contributed by atoms with Crippen molar-refractivity contribution in [3.8, 4) is 0 Å². The number of hydrogen-bond acceptors (Lipinski definition) is 2. The van der Waals surface area contributed by atoms with E-state index in [0.29, 0.717) is 0 Å². The predicted molar refractivity (Wildman–Crippen MR) is 39.1 cm³/mol. The second-order valence-corrected chi connectivity index (χ2v) is 3.14. The van der Waals surface area contributed by atoms with Gasteiger partial charge in [-0.3, -0.25) is 5.41 Å². The van der Waals surface area contributed by atoms with E-state index in [0.717, 1.165) is 0 Å². The van der Waals surface area contributed by atoms with Crippen LogP contribution in [0.4, 0.5) is 35.1 Å². The Morgan fingerprint density at radius 1 is 0.824 bits per heavy atom. The molecular weight excluding hydrogens is 266 g/mol. The lowest BCUT2D eigenvalue weighted by Gasteiger charge is -2.32. The maximum Gasteiger partial charge on any atom is 0.386 e. The van der Waals surface area contributed by atoms with Crippen molar-refractivity contribution in [2.24, 2.45) is 10.7 Å². The predicted octanol–water partition coefficient (Wildman–Crippen LogP) is 1.88. The second-order valence-electron chi connectivity index (χ2n) is 3.14. The molecule has 0 saturated heterocycles. The van der Waals surface area contributed by atoms with Crippen LogP contribution >= 0.6 is 0 Å². The van der Waals surface area contributed by atoms with E-state index in [1.807, 2.05) is 4.99 Å². The lowest BCUT2D eigenvalue weighted by Crippen LogP contribution is -2.64. The fraction of sp³-hybridized carbons (Fsp3) is 0.667. The van der Waals surface area contributed by atoms with Gasteiger partial charge in [0.15, 0.2) is 11.7 Å². The molecular formula is C6H3F8N3. The number of alkyl halides is 8. The summed E-state index contributed by atoms with van der Waals surface area (Å²) in [6, 6.07) is 0. The van der Waals surface area contributed by atoms with Crippen LogP contribution in [0.5, 0.6) is 0 Å². The highest BCUT2D eigenvalue weighted by atomic mass is 19.4. The van der Waals surface area contributed by atoms with Gasteiger partial charge in [-0.25, -0.2) is 4.99 Å². The van der Waals surface area contributed by atoms with Crippen molar-refractivity contribution in [1.29, 1.82) is 5.41 Å². The van der Waals surface area contributed by atoms with Gasteiger partial charge in [-0.05, 0) is 0 Å². The number of nitrogens with two attached hydrogens (primary N) is 1. The maximum atomic E-state index is 12.7. The fourth-order valence-electron chi connectivity index (χ4n) is 0.965. The van der Waals surface area contributed by atoms with Crippen molar-refractivity contribution in [3.63, 3.8) is 0 Å². The van der Waals surface area contributed by atoms with Crippen molar-refractivity contribution in [3.05, 3.63) is 0 Å². The molecule has 0 atom stereocenters. The fourth-order valence-corrected chi connectivity index (χ4v) is 0.965. The van der Waals surface area contributed by atoms with Crippen molar-refractivity contribution >= 4 is 11.7 Å². The maximum absolute atomic E-state index is 12.7. The summed E-state index contributed by atoms with van der Waals surface area (Å²) in [5.41, 5.74) is 4.23. The Hall–Kier alpha value is -1.42. The molecule has 0 aromatic rings. The molecule has 0 aromatic carbocycles. The van der Waals surface area contributed by atoms with Crippen LogP contribution in [0.1, 0.15) is 0 Å². The van der Waals surface area contributed by atoms with Crippen molar-refractivity contribution in [2.75, 3.05) is 0 Å². The number of rotatable bonds is 0. The molecule has 0 bridgehead atoms. The number of aliphatic imine (C=N–C) groups is 1. The molecule has 0 saturated carbocycles. The Morgan fingerprint density at radius 3 is 1.59 bits per heavy atom. The minimum atomic E-state index is -6.49. The van der Waals surface area contributed by atoms with E-state index in [9.17, 15) is 35.1 Å². The highest BCUT2D eigenvalue weighted by Gasteiger charge is 2.84. The van der Waals surface area contributed by atoms with Gasteiger partial charge >= 0.3 is 23.7 Å². The highest BCUT2D eigenvalue weighted by Crippen LogP contribution is 2.54. The van der Waals surface area contributed by atoms with E-state index in [2.05, 4.69) is 5.73 Å². The molecule has 11 heteroatoms. The Bertz CT molecular complexity index is 398. The molecule has 1 aliphatic heterocycles. The first-order valence-corrected chi connectivity index (χ1v) is 3.75. The van der Waals surface area contributed by atoms with Gasteiger partial charge < -0.3 is 5.73 Å². The van der Waals surface area contributed by atoms with E-state index in [-0.39, 0.29) is 0 Å². The number of halogens is 8. The quantitative estimate of drug-likeness (QED) is 0.648. The van der Waals surface area contributed by atoms with Gasteiger partial charge in [0, 0.05) is 0 Å². The van der Waals surface area contributed by atoms with Gasteiger partial charge in [0.25, 0.3) is 0 Å². The SMILES string of the molecule is N=C1N=C(N)C(F)(F)C(F)(F)C(F)(F)C1(F)F. The van der Waals surface area contributed by atoms with Gasteiger partial charge in [-0.1, -0.05) is 0 Å². The molecule has 0 fully saturated rings. The van der Waals surface area contributed by atoms with Crippen LogP contribution in [0.15, 0.2) is 4.99 Å². The zero-order chi connectivity index (χ0) is 13.9. The van der Waals surface area contributed by atoms with Gasteiger partial charge in [0.1, 0.15) is 0 Å². The van der Waals surface area contributed by atoms with Crippen LogP contribution in [-0.4, -0.2) is 35.4 Å². The lowest BCUT2D eigenvalue weighted by atomic mass is 9.99. The molecule has 3 N–H and O–H groups in total. The molecule has 1 rings (SSSR count). The summed E-state index contributed by atoms with van der Waals surface area (Å²) in [5, 5.41) is 6.31. The van der Waals surface area contributed by atoms with Crippen molar-refractivity contribution in [1.82, 2.24) is 0 Å². The first-order valence-electron chi connectivity index (χ1n) is 3.75. The van der Waals surface area contributed by atoms with Crippen molar-refractivity contribution in [2.45, 2.75) is 23.7 Å². The van der Waals surface area contributed by atoms with Gasteiger partial charge in [-0.2, -0.15) is 35.1 Å². The summed E-state index contributed by atoms with van der Waals surface area (Å²) in [6.07, 6.45) is 0. The third-order valence-corrected chi connectivity index (χ3v) is 2.03. The van der Waals surface area contributed by atoms with Crippen molar-refractivity contribution < 1.29 is 35.1 Å². The molecule has 1 aliphatic rings. The number of hydrogen-bond donors (Lipinski definition) is 2. The Morgan fingerprint density at radius 2 is 1.18 bits per heavy atom. The smallest absolute Gasteiger partial charge is 0.382 e. The van der Waals surface area contributed by atoms with E-state index >= 15 is 0 Å². The van der Waals surface area contributed by atoms with Crippen LogP contribution in [0, 0.1) is 5.41 Å². The van der Waals surface area contributed by atoms with E-state index in [1.54, 1.807) is 0 Å². The van der Waals surface area contributed by atoms with Crippen LogP contribution in [0.3, 0.4) is 0 Å². The Kier molecular flexibility index (Phi) is 2.47. The average Bonchev–Trinajstić information content (AvgIpc) is 2.16. The molecule has 98 valence electrons. The number of amidine groups is 2. The molecule has 0 radical (unpaired) electrons. The minimum absolute atomic E-state index is 1.89. The van der Waals surface area contributed by atoms with Crippen LogP contribution in [0.2, 0.25) is 0 Å². The molecule has 17 heavy (non-hydrogen) atoms. The molecule has 0 unspecified atom stereocenters. The molecule has 1 heterocycles. The molecule has 0 spiro atoms. The zero-order valence-corrected chi connectivity index (χ0v) is 7.55. The van der Waals surface area contributed by atoms with Crippen LogP contribution in [-0.2, 0) is 0 Å². The van der Waals surface area contributed by atoms with Crippen LogP contribution in [0.25, 0.3) is 0 Å². The monoisotopic (exact) mass is 269 g/mol. The molecule has 3 nitrogen and oxygen atoms in total. The molecule has 0 amide bonds. The second kappa shape index (κ2) is 3.07. The first-order chi connectivity index (χ1) is 7.30. The summed E-state index contributed by atoms with van der Waals surface area (Å²) >= 11 is 0. The van der Waals surface area contributed by atoms with Gasteiger partial charge in [-0.15, -0.1) is 0 Å². The van der Waals surface area contributed by atoms with E-state index in [4.69, 9.17) is 5.41 Å². The third kappa shape index (κ3) is 1.33. The summed E-state index contributed by atoms with van der Waals surface area (Å²) in [5.74, 6) is -29.7. The Labute approximate surface area is 87.8 Å². The minimum Gasteiger partial charge on any atom is -0.382 e. The van der Waals surface area contributed by atoms with Gasteiger partial charge in [0.2, 0.25) is 0 Å². The standard InChI is InChI=1S/C6H3F8N3/c7-3(8)1(15)17-2(16)4(9,10)6(13,14)5(3,11)12/h(H3,15,16,17). The Balaban J connectivity index is 3.62. The molecule has 0 aromatic heterocycles. The average molecular weight is 269 g/mol. The summed E-state index contributed by atoms with van der Waals surface area (Å²) in [6.45, 7) is 0. The van der Waals surface area contributed by atoms with Crippen LogP contribution < -0.4 is 5.73 Å². The topological polar surface area (TPSA) is 62.2 Å². The number of nitrogens with zero attached hydrogens (tertiary/aromatic N) is 1. The normalized spacial score (nSPS) is 29.4. The molecule has 0 aliphatic carbocycles. The van der Waals surface area contributed by atoms with Gasteiger partial charge in [0.05, 0.1) is 0 Å².